The molecule has 1 unspecified atom stereocenters. The highest BCUT2D eigenvalue weighted by molar-refractivity contribution is 6.29. The Morgan fingerprint density at radius 2 is 1.59 bits per heavy atom. The van der Waals surface area contributed by atoms with E-state index in [0.29, 0.717) is 11.4 Å². The number of anilines is 2. The molecule has 1 atom stereocenters. The van der Waals surface area contributed by atoms with E-state index in [1.165, 1.54) is 11.8 Å². The van der Waals surface area contributed by atoms with Crippen LogP contribution in [-0.4, -0.2) is 36.8 Å². The number of nitrogens with zero attached hydrogens (tertiary/aromatic N) is 4. The van der Waals surface area contributed by atoms with Crippen LogP contribution in [0.2, 0.25) is 0 Å². The van der Waals surface area contributed by atoms with Gasteiger partial charge in [0.1, 0.15) is 17.6 Å². The van der Waals surface area contributed by atoms with E-state index in [1.54, 1.807) is 56.3 Å². The van der Waals surface area contributed by atoms with Crippen LogP contribution in [0.3, 0.4) is 0 Å². The maximum atomic E-state index is 14.3. The van der Waals surface area contributed by atoms with Crippen LogP contribution in [0, 0.1) is 16.7 Å². The third kappa shape index (κ3) is 4.22. The lowest BCUT2D eigenvalue weighted by Gasteiger charge is -2.40. The van der Waals surface area contributed by atoms with Crippen LogP contribution in [0.4, 0.5) is 11.4 Å². The molecule has 2 aliphatic heterocycles. The first-order valence-electron chi connectivity index (χ1n) is 12.6. The van der Waals surface area contributed by atoms with E-state index in [9.17, 15) is 19.6 Å². The van der Waals surface area contributed by atoms with Crippen LogP contribution >= 0.6 is 0 Å². The lowest BCUT2D eigenvalue weighted by Crippen LogP contribution is -2.53. The SMILES string of the molecule is CCOC(=O)C1=C(C(=O)OCC)C2(C(=O)N(c3ccccc3)N=C2C)C(C#N)=C(N)N1c1ccc(CC)cc1. The molecule has 0 bridgehead atoms. The number of hydrogen-bond donors (Lipinski definition) is 1. The molecule has 2 heterocycles. The summed E-state index contributed by atoms with van der Waals surface area (Å²) in [6, 6.07) is 17.7. The van der Waals surface area contributed by atoms with Crippen LogP contribution in [0.25, 0.3) is 0 Å². The number of nitrogens with two attached hydrogens (primary N) is 1. The predicted octanol–water partition coefficient (Wildman–Crippen LogP) is 3.55. The minimum Gasteiger partial charge on any atom is -0.463 e. The molecule has 2 aromatic rings. The van der Waals surface area contributed by atoms with Crippen molar-refractivity contribution >= 4 is 34.9 Å². The van der Waals surface area contributed by atoms with E-state index in [2.05, 4.69) is 11.2 Å². The molecule has 2 aliphatic rings. The molecule has 10 heteroatoms. The highest BCUT2D eigenvalue weighted by Gasteiger charge is 2.63. The van der Waals surface area contributed by atoms with Gasteiger partial charge < -0.3 is 15.2 Å². The Hall–Kier alpha value is -4.91. The zero-order valence-corrected chi connectivity index (χ0v) is 22.2. The fourth-order valence-corrected chi connectivity index (χ4v) is 4.88. The number of aryl methyl sites for hydroxylation is 1. The van der Waals surface area contributed by atoms with Gasteiger partial charge in [0.2, 0.25) is 0 Å². The molecule has 1 amide bonds. The third-order valence-corrected chi connectivity index (χ3v) is 6.68. The summed E-state index contributed by atoms with van der Waals surface area (Å²) < 4.78 is 10.7. The van der Waals surface area contributed by atoms with Crippen LogP contribution in [0.15, 0.2) is 82.4 Å². The van der Waals surface area contributed by atoms with Gasteiger partial charge in [-0.3, -0.25) is 9.69 Å². The molecule has 0 aliphatic carbocycles. The molecule has 10 nitrogen and oxygen atoms in total. The highest BCUT2D eigenvalue weighted by Crippen LogP contribution is 2.51. The summed E-state index contributed by atoms with van der Waals surface area (Å²) in [5, 5.41) is 16.0. The Labute approximate surface area is 226 Å². The second-order valence-electron chi connectivity index (χ2n) is 8.78. The number of hydrazone groups is 1. The molecule has 39 heavy (non-hydrogen) atoms. The average Bonchev–Trinajstić information content (AvgIpc) is 3.19. The summed E-state index contributed by atoms with van der Waals surface area (Å²) in [4.78, 5) is 43.0. The van der Waals surface area contributed by atoms with Crippen molar-refractivity contribution in [3.63, 3.8) is 0 Å². The van der Waals surface area contributed by atoms with Gasteiger partial charge in [-0.2, -0.15) is 15.4 Å². The van der Waals surface area contributed by atoms with Crippen molar-refractivity contribution in [2.24, 2.45) is 16.3 Å². The van der Waals surface area contributed by atoms with Gasteiger partial charge in [-0.25, -0.2) is 9.59 Å². The summed E-state index contributed by atoms with van der Waals surface area (Å²) in [7, 11) is 0. The molecule has 0 saturated heterocycles. The van der Waals surface area contributed by atoms with E-state index in [-0.39, 0.29) is 41.6 Å². The molecule has 200 valence electrons. The maximum Gasteiger partial charge on any atom is 0.355 e. The first kappa shape index (κ1) is 27.1. The maximum absolute atomic E-state index is 14.3. The molecule has 1 spiro atoms. The van der Waals surface area contributed by atoms with Crippen molar-refractivity contribution in [1.82, 2.24) is 0 Å². The van der Waals surface area contributed by atoms with Crippen molar-refractivity contribution in [1.29, 1.82) is 5.26 Å². The third-order valence-electron chi connectivity index (χ3n) is 6.68. The first-order chi connectivity index (χ1) is 18.8. The Kier molecular flexibility index (Phi) is 7.54. The fraction of sp³-hybridized carbons (Fsp3) is 0.276. The Morgan fingerprint density at radius 1 is 0.974 bits per heavy atom. The number of carbonyl (C=O) groups is 3. The smallest absolute Gasteiger partial charge is 0.355 e. The lowest BCUT2D eigenvalue weighted by atomic mass is 9.67. The Balaban J connectivity index is 2.10. The first-order valence-corrected chi connectivity index (χ1v) is 12.6. The standard InChI is InChI=1S/C29H29N5O5/c1-5-19-13-15-20(16-14-19)33-24(27(36)39-7-3)23(26(35)38-6-2)29(22(17-30)25(33)31)18(4)32-34(28(29)37)21-11-9-8-10-12-21/h8-16H,5-7,31H2,1-4H3. The van der Waals surface area contributed by atoms with Crippen molar-refractivity contribution < 1.29 is 23.9 Å². The van der Waals surface area contributed by atoms with E-state index >= 15 is 0 Å². The van der Waals surface area contributed by atoms with Crippen LogP contribution in [-0.2, 0) is 30.3 Å². The number of rotatable bonds is 7. The molecule has 0 fully saturated rings. The summed E-state index contributed by atoms with van der Waals surface area (Å²) in [6.45, 7) is 6.66. The number of ether oxygens (including phenoxy) is 2. The molecule has 2 N–H and O–H groups in total. The van der Waals surface area contributed by atoms with E-state index in [1.807, 2.05) is 19.1 Å². The second kappa shape index (κ2) is 10.8. The number of benzene rings is 2. The molecule has 0 radical (unpaired) electrons. The van der Waals surface area contributed by atoms with Crippen LogP contribution < -0.4 is 15.6 Å². The van der Waals surface area contributed by atoms with Crippen molar-refractivity contribution in [3.8, 4) is 6.07 Å². The minimum atomic E-state index is -2.11. The predicted molar refractivity (Wildman–Crippen MR) is 145 cm³/mol. The summed E-state index contributed by atoms with van der Waals surface area (Å²) in [5.74, 6) is -2.81. The molecule has 2 aromatic carbocycles. The van der Waals surface area contributed by atoms with Crippen LogP contribution in [0.1, 0.15) is 33.3 Å². The van der Waals surface area contributed by atoms with Gasteiger partial charge in [0.15, 0.2) is 5.41 Å². The highest BCUT2D eigenvalue weighted by atomic mass is 16.5. The number of para-hydroxylation sites is 1. The number of esters is 2. The lowest BCUT2D eigenvalue weighted by molar-refractivity contribution is -0.143. The second-order valence-corrected chi connectivity index (χ2v) is 8.78. The molecular formula is C29H29N5O5. The number of nitriles is 1. The normalized spacial score (nSPS) is 18.8. The van der Waals surface area contributed by atoms with E-state index in [0.717, 1.165) is 17.0 Å². The number of amides is 1. The minimum absolute atomic E-state index is 0.0140. The van der Waals surface area contributed by atoms with Gasteiger partial charge >= 0.3 is 11.9 Å². The van der Waals surface area contributed by atoms with Crippen LogP contribution in [0.5, 0.6) is 0 Å². The summed E-state index contributed by atoms with van der Waals surface area (Å²) >= 11 is 0. The molecule has 0 saturated carbocycles. The van der Waals surface area contributed by atoms with Gasteiger partial charge in [0.25, 0.3) is 5.91 Å². The molecular weight excluding hydrogens is 498 g/mol. The Morgan fingerprint density at radius 3 is 2.15 bits per heavy atom. The van der Waals surface area contributed by atoms with Crippen molar-refractivity contribution in [3.05, 3.63) is 82.8 Å². The van der Waals surface area contributed by atoms with Crippen molar-refractivity contribution in [2.45, 2.75) is 34.1 Å². The zero-order valence-electron chi connectivity index (χ0n) is 22.2. The summed E-state index contributed by atoms with van der Waals surface area (Å²) in [5.41, 5.74) is 5.50. The zero-order chi connectivity index (χ0) is 28.3. The van der Waals surface area contributed by atoms with E-state index in [4.69, 9.17) is 15.2 Å². The number of carbonyl (C=O) groups excluding carboxylic acids is 3. The van der Waals surface area contributed by atoms with Crippen molar-refractivity contribution in [2.75, 3.05) is 23.1 Å². The molecule has 4 rings (SSSR count). The number of hydrogen-bond acceptors (Lipinski definition) is 9. The quantitative estimate of drug-likeness (QED) is 0.540. The van der Waals surface area contributed by atoms with Gasteiger partial charge in [-0.15, -0.1) is 0 Å². The van der Waals surface area contributed by atoms with E-state index < -0.39 is 23.3 Å². The summed E-state index contributed by atoms with van der Waals surface area (Å²) in [6.07, 6.45) is 0.770. The van der Waals surface area contributed by atoms with Gasteiger partial charge in [0.05, 0.1) is 35.8 Å². The average molecular weight is 528 g/mol. The fourth-order valence-electron chi connectivity index (χ4n) is 4.88. The van der Waals surface area contributed by atoms with Gasteiger partial charge in [-0.05, 0) is 57.0 Å². The van der Waals surface area contributed by atoms with Gasteiger partial charge in [-0.1, -0.05) is 37.3 Å². The Bertz CT molecular complexity index is 1450. The topological polar surface area (TPSA) is 138 Å². The monoisotopic (exact) mass is 527 g/mol. The molecule has 0 aromatic heterocycles. The largest absolute Gasteiger partial charge is 0.463 e. The van der Waals surface area contributed by atoms with Gasteiger partial charge in [0, 0.05) is 5.69 Å².